The largest absolute Gasteiger partial charge is 0.368 e. The number of benzene rings is 1. The number of halogens is 1. The summed E-state index contributed by atoms with van der Waals surface area (Å²) < 4.78 is 1.04. The van der Waals surface area contributed by atoms with Crippen molar-refractivity contribution in [2.75, 3.05) is 11.4 Å². The molecule has 17 heavy (non-hydrogen) atoms. The van der Waals surface area contributed by atoms with Gasteiger partial charge >= 0.3 is 0 Å². The quantitative estimate of drug-likeness (QED) is 0.821. The molecule has 1 heterocycles. The number of piperidine rings is 1. The molecule has 0 bridgehead atoms. The summed E-state index contributed by atoms with van der Waals surface area (Å²) in [5.74, 6) is 0. The van der Waals surface area contributed by atoms with E-state index in [0.717, 1.165) is 11.0 Å². The van der Waals surface area contributed by atoms with Crippen molar-refractivity contribution in [2.24, 2.45) is 0 Å². The van der Waals surface area contributed by atoms with Gasteiger partial charge in [-0.15, -0.1) is 0 Å². The number of nitriles is 1. The predicted molar refractivity (Wildman–Crippen MR) is 74.1 cm³/mol. The van der Waals surface area contributed by atoms with E-state index in [1.54, 1.807) is 0 Å². The Morgan fingerprint density at radius 1 is 1.47 bits per heavy atom. The van der Waals surface area contributed by atoms with Crippen molar-refractivity contribution in [1.29, 1.82) is 5.26 Å². The SMILES string of the molecule is CCC1CCCCN1c1ccc(C#N)cc1Br. The van der Waals surface area contributed by atoms with Crippen molar-refractivity contribution >= 4 is 21.6 Å². The zero-order valence-corrected chi connectivity index (χ0v) is 11.7. The minimum absolute atomic E-state index is 0.646. The molecule has 3 heteroatoms. The van der Waals surface area contributed by atoms with Gasteiger partial charge in [0.1, 0.15) is 0 Å². The van der Waals surface area contributed by atoms with Crippen LogP contribution < -0.4 is 4.90 Å². The van der Waals surface area contributed by atoms with Gasteiger partial charge in [0.05, 0.1) is 17.3 Å². The molecule has 1 aromatic rings. The van der Waals surface area contributed by atoms with Gasteiger partial charge in [0.25, 0.3) is 0 Å². The van der Waals surface area contributed by atoms with Crippen molar-refractivity contribution in [2.45, 2.75) is 38.6 Å². The van der Waals surface area contributed by atoms with E-state index in [1.807, 2.05) is 12.1 Å². The third kappa shape index (κ3) is 2.63. The average Bonchev–Trinajstić information content (AvgIpc) is 2.38. The molecule has 1 fully saturated rings. The Hall–Kier alpha value is -1.01. The third-order valence-corrected chi connectivity index (χ3v) is 4.12. The Balaban J connectivity index is 2.29. The van der Waals surface area contributed by atoms with Crippen LogP contribution in [-0.2, 0) is 0 Å². The standard InChI is InChI=1S/C14H17BrN2/c1-2-12-5-3-4-8-17(12)14-7-6-11(10-16)9-13(14)15/h6-7,9,12H,2-5,8H2,1H3. The number of rotatable bonds is 2. The van der Waals surface area contributed by atoms with Crippen LogP contribution >= 0.6 is 15.9 Å². The monoisotopic (exact) mass is 292 g/mol. The number of nitrogens with zero attached hydrogens (tertiary/aromatic N) is 2. The first kappa shape index (κ1) is 12.4. The normalized spacial score (nSPS) is 20.1. The fraction of sp³-hybridized carbons (Fsp3) is 0.500. The summed E-state index contributed by atoms with van der Waals surface area (Å²) in [6.07, 6.45) is 5.07. The first-order chi connectivity index (χ1) is 8.26. The van der Waals surface area contributed by atoms with Gasteiger partial charge in [-0.2, -0.15) is 5.26 Å². The van der Waals surface area contributed by atoms with Gasteiger partial charge in [-0.1, -0.05) is 6.92 Å². The van der Waals surface area contributed by atoms with Gasteiger partial charge in [-0.05, 0) is 59.8 Å². The highest BCUT2D eigenvalue weighted by atomic mass is 79.9. The molecule has 0 N–H and O–H groups in total. The van der Waals surface area contributed by atoms with Crippen molar-refractivity contribution in [3.8, 4) is 6.07 Å². The minimum Gasteiger partial charge on any atom is -0.368 e. The molecule has 1 atom stereocenters. The molecule has 1 saturated heterocycles. The minimum atomic E-state index is 0.646. The summed E-state index contributed by atoms with van der Waals surface area (Å²) in [6.45, 7) is 3.38. The Morgan fingerprint density at radius 3 is 2.94 bits per heavy atom. The topological polar surface area (TPSA) is 27.0 Å². The fourth-order valence-electron chi connectivity index (χ4n) is 2.55. The highest BCUT2D eigenvalue weighted by Crippen LogP contribution is 2.32. The van der Waals surface area contributed by atoms with Crippen molar-refractivity contribution in [3.63, 3.8) is 0 Å². The Bertz CT molecular complexity index is 436. The summed E-state index contributed by atoms with van der Waals surface area (Å²) in [6, 6.07) is 8.70. The molecular formula is C14H17BrN2. The Morgan fingerprint density at radius 2 is 2.29 bits per heavy atom. The molecule has 1 unspecified atom stereocenters. The van der Waals surface area contributed by atoms with Crippen LogP contribution in [0.3, 0.4) is 0 Å². The molecule has 0 aromatic heterocycles. The molecule has 0 aliphatic carbocycles. The lowest BCUT2D eigenvalue weighted by Gasteiger charge is -2.37. The molecule has 1 aliphatic heterocycles. The van der Waals surface area contributed by atoms with Crippen molar-refractivity contribution < 1.29 is 0 Å². The van der Waals surface area contributed by atoms with E-state index in [9.17, 15) is 0 Å². The molecule has 90 valence electrons. The molecule has 0 spiro atoms. The van der Waals surface area contributed by atoms with Gasteiger partial charge in [-0.25, -0.2) is 0 Å². The van der Waals surface area contributed by atoms with Gasteiger partial charge in [0, 0.05) is 17.1 Å². The molecule has 0 saturated carbocycles. The number of hydrogen-bond donors (Lipinski definition) is 0. The van der Waals surface area contributed by atoms with E-state index in [2.05, 4.69) is 39.9 Å². The van der Waals surface area contributed by atoms with Gasteiger partial charge in [0.15, 0.2) is 0 Å². The first-order valence-corrected chi connectivity index (χ1v) is 7.02. The van der Waals surface area contributed by atoms with Crippen LogP contribution in [0.15, 0.2) is 22.7 Å². The third-order valence-electron chi connectivity index (χ3n) is 3.48. The van der Waals surface area contributed by atoms with Crippen LogP contribution in [0, 0.1) is 11.3 Å². The van der Waals surface area contributed by atoms with Gasteiger partial charge < -0.3 is 4.90 Å². The van der Waals surface area contributed by atoms with Crippen molar-refractivity contribution in [1.82, 2.24) is 0 Å². The van der Waals surface area contributed by atoms with Crippen LogP contribution in [0.5, 0.6) is 0 Å². The van der Waals surface area contributed by atoms with E-state index in [4.69, 9.17) is 5.26 Å². The van der Waals surface area contributed by atoms with Crippen molar-refractivity contribution in [3.05, 3.63) is 28.2 Å². The van der Waals surface area contributed by atoms with E-state index >= 15 is 0 Å². The van der Waals surface area contributed by atoms with E-state index in [-0.39, 0.29) is 0 Å². The molecule has 2 rings (SSSR count). The van der Waals surface area contributed by atoms with Crippen LogP contribution in [0.1, 0.15) is 38.2 Å². The Labute approximate surface area is 111 Å². The predicted octanol–water partition coefficient (Wildman–Crippen LogP) is 4.09. The lowest BCUT2D eigenvalue weighted by molar-refractivity contribution is 0.449. The summed E-state index contributed by atoms with van der Waals surface area (Å²) >= 11 is 3.59. The van der Waals surface area contributed by atoms with E-state index in [0.29, 0.717) is 11.6 Å². The maximum Gasteiger partial charge on any atom is 0.0992 e. The highest BCUT2D eigenvalue weighted by molar-refractivity contribution is 9.10. The second-order valence-corrected chi connectivity index (χ2v) is 5.38. The highest BCUT2D eigenvalue weighted by Gasteiger charge is 2.22. The van der Waals surface area contributed by atoms with Crippen LogP contribution in [0.2, 0.25) is 0 Å². The molecule has 0 amide bonds. The number of anilines is 1. The molecule has 2 nitrogen and oxygen atoms in total. The maximum absolute atomic E-state index is 8.88. The summed E-state index contributed by atoms with van der Waals surface area (Å²) in [7, 11) is 0. The summed E-state index contributed by atoms with van der Waals surface area (Å²) in [5, 5.41) is 8.88. The van der Waals surface area contributed by atoms with Gasteiger partial charge in [0.2, 0.25) is 0 Å². The average molecular weight is 293 g/mol. The second-order valence-electron chi connectivity index (χ2n) is 4.53. The summed E-state index contributed by atoms with van der Waals surface area (Å²) in [5.41, 5.74) is 1.95. The summed E-state index contributed by atoms with van der Waals surface area (Å²) in [4.78, 5) is 2.48. The van der Waals surface area contributed by atoms with Crippen LogP contribution in [-0.4, -0.2) is 12.6 Å². The molecule has 1 aromatic carbocycles. The number of hydrogen-bond acceptors (Lipinski definition) is 2. The maximum atomic E-state index is 8.88. The van der Waals surface area contributed by atoms with Crippen LogP contribution in [0.4, 0.5) is 5.69 Å². The molecular weight excluding hydrogens is 276 g/mol. The molecule has 0 radical (unpaired) electrons. The second kappa shape index (κ2) is 5.55. The zero-order chi connectivity index (χ0) is 12.3. The lowest BCUT2D eigenvalue weighted by atomic mass is 9.99. The van der Waals surface area contributed by atoms with Gasteiger partial charge in [-0.3, -0.25) is 0 Å². The lowest BCUT2D eigenvalue weighted by Crippen LogP contribution is -2.39. The Kier molecular flexibility index (Phi) is 4.06. The molecule has 1 aliphatic rings. The van der Waals surface area contributed by atoms with Crippen LogP contribution in [0.25, 0.3) is 0 Å². The smallest absolute Gasteiger partial charge is 0.0992 e. The van der Waals surface area contributed by atoms with E-state index < -0.39 is 0 Å². The van der Waals surface area contributed by atoms with E-state index in [1.165, 1.54) is 31.4 Å². The fourth-order valence-corrected chi connectivity index (χ4v) is 3.16. The first-order valence-electron chi connectivity index (χ1n) is 6.22. The zero-order valence-electron chi connectivity index (χ0n) is 10.1.